The van der Waals surface area contributed by atoms with Gasteiger partial charge in [-0.2, -0.15) is 4.68 Å². The van der Waals surface area contributed by atoms with E-state index in [1.807, 2.05) is 0 Å². The maximum absolute atomic E-state index is 11.9. The fourth-order valence-electron chi connectivity index (χ4n) is 1.78. The average Bonchev–Trinajstić information content (AvgIpc) is 3.00. The second kappa shape index (κ2) is 7.68. The quantitative estimate of drug-likeness (QED) is 0.442. The number of ketones is 1. The molecule has 0 amide bonds. The second-order valence-corrected chi connectivity index (χ2v) is 5.66. The fourth-order valence-corrected chi connectivity index (χ4v) is 2.65. The Bertz CT molecular complexity index is 759. The lowest BCUT2D eigenvalue weighted by atomic mass is 10.2. The van der Waals surface area contributed by atoms with Crippen LogP contribution in [0.1, 0.15) is 24.2 Å². The number of benzene rings is 1. The monoisotopic (exact) mass is 350 g/mol. The molecule has 2 aromatic rings. The zero-order valence-corrected chi connectivity index (χ0v) is 13.7. The first-order valence-electron chi connectivity index (χ1n) is 6.90. The van der Waals surface area contributed by atoms with Gasteiger partial charge < -0.3 is 9.84 Å². The van der Waals surface area contributed by atoms with Gasteiger partial charge in [-0.1, -0.05) is 11.8 Å². The van der Waals surface area contributed by atoms with E-state index in [9.17, 15) is 14.4 Å². The van der Waals surface area contributed by atoms with Gasteiger partial charge in [0.05, 0.1) is 17.9 Å². The Kier molecular flexibility index (Phi) is 5.64. The number of esters is 1. The lowest BCUT2D eigenvalue weighted by molar-refractivity contribution is -0.144. The van der Waals surface area contributed by atoms with Crippen LogP contribution >= 0.6 is 11.8 Å². The number of ether oxygens (including phenoxy) is 1. The van der Waals surface area contributed by atoms with E-state index in [0.29, 0.717) is 5.69 Å². The Labute approximate surface area is 141 Å². The number of nitrogens with zero attached hydrogens (tertiary/aromatic N) is 4. The summed E-state index contributed by atoms with van der Waals surface area (Å²) < 4.78 is 6.19. The molecular weight excluding hydrogens is 336 g/mol. The van der Waals surface area contributed by atoms with Gasteiger partial charge in [-0.15, -0.1) is 5.10 Å². The summed E-state index contributed by atoms with van der Waals surface area (Å²) in [6, 6.07) is 5.86. The third-order valence-electron chi connectivity index (χ3n) is 2.89. The molecule has 0 saturated carbocycles. The molecule has 0 bridgehead atoms. The van der Waals surface area contributed by atoms with Crippen LogP contribution in [0.25, 0.3) is 5.69 Å². The van der Waals surface area contributed by atoms with E-state index in [-0.39, 0.29) is 23.1 Å². The second-order valence-electron chi connectivity index (χ2n) is 4.59. The van der Waals surface area contributed by atoms with Gasteiger partial charge in [0, 0.05) is 0 Å². The topological polar surface area (TPSA) is 124 Å². The van der Waals surface area contributed by atoms with Gasteiger partial charge >= 0.3 is 11.9 Å². The first kappa shape index (κ1) is 17.6. The standard InChI is InChI=1S/C14H14N4O5S/c1-3-23-13(22)11(8(2)19)24-14-15-16-17-18(14)10-6-4-9(5-7-10)12(20)21/h4-7,11H,3H2,1-2H3,(H,20,21). The van der Waals surface area contributed by atoms with Crippen LogP contribution in [0, 0.1) is 0 Å². The SMILES string of the molecule is CCOC(=O)C(Sc1nnnn1-c1ccc(C(=O)O)cc1)C(C)=O. The third kappa shape index (κ3) is 3.96. The summed E-state index contributed by atoms with van der Waals surface area (Å²) in [7, 11) is 0. The summed E-state index contributed by atoms with van der Waals surface area (Å²) in [4.78, 5) is 34.4. The molecule has 0 aliphatic rings. The predicted molar refractivity (Wildman–Crippen MR) is 83.1 cm³/mol. The van der Waals surface area contributed by atoms with Gasteiger partial charge in [0.2, 0.25) is 5.16 Å². The van der Waals surface area contributed by atoms with E-state index < -0.39 is 17.2 Å². The Hall–Kier alpha value is -2.75. The molecule has 24 heavy (non-hydrogen) atoms. The van der Waals surface area contributed by atoms with Crippen LogP contribution in [0.15, 0.2) is 29.4 Å². The number of thioether (sulfide) groups is 1. The van der Waals surface area contributed by atoms with Gasteiger partial charge in [-0.05, 0) is 48.5 Å². The molecule has 1 aromatic carbocycles. The summed E-state index contributed by atoms with van der Waals surface area (Å²) in [6.07, 6.45) is 0. The van der Waals surface area contributed by atoms with Gasteiger partial charge in [0.1, 0.15) is 0 Å². The minimum atomic E-state index is -1.08. The van der Waals surface area contributed by atoms with Crippen LogP contribution in [0.4, 0.5) is 0 Å². The van der Waals surface area contributed by atoms with E-state index in [1.165, 1.54) is 35.9 Å². The first-order chi connectivity index (χ1) is 11.4. The van der Waals surface area contributed by atoms with Crippen molar-refractivity contribution < 1.29 is 24.2 Å². The fraction of sp³-hybridized carbons (Fsp3) is 0.286. The summed E-state index contributed by atoms with van der Waals surface area (Å²) in [5.41, 5.74) is 0.618. The number of carbonyl (C=O) groups excluding carboxylic acids is 2. The van der Waals surface area contributed by atoms with Crippen molar-refractivity contribution >= 4 is 29.5 Å². The predicted octanol–water partition coefficient (Wildman–Crippen LogP) is 0.973. The number of tetrazole rings is 1. The van der Waals surface area contributed by atoms with Crippen LogP contribution in [-0.4, -0.2) is 54.9 Å². The number of carbonyl (C=O) groups is 3. The third-order valence-corrected chi connectivity index (χ3v) is 4.12. The molecule has 9 nitrogen and oxygen atoms in total. The summed E-state index contributed by atoms with van der Waals surface area (Å²) in [5, 5.41) is 19.2. The zero-order chi connectivity index (χ0) is 17.7. The highest BCUT2D eigenvalue weighted by atomic mass is 32.2. The molecule has 0 fully saturated rings. The molecule has 0 spiro atoms. The van der Waals surface area contributed by atoms with Crippen LogP contribution in [0.2, 0.25) is 0 Å². The van der Waals surface area contributed by atoms with Crippen molar-refractivity contribution in [2.24, 2.45) is 0 Å². The number of aromatic carboxylic acids is 1. The minimum Gasteiger partial charge on any atom is -0.478 e. The maximum atomic E-state index is 11.9. The molecule has 0 saturated heterocycles. The molecule has 0 aliphatic heterocycles. The Morgan fingerprint density at radius 1 is 1.29 bits per heavy atom. The van der Waals surface area contributed by atoms with Gasteiger partial charge in [0.25, 0.3) is 0 Å². The van der Waals surface area contributed by atoms with Crippen LogP contribution in [-0.2, 0) is 14.3 Å². The van der Waals surface area contributed by atoms with Gasteiger partial charge in [0.15, 0.2) is 11.0 Å². The highest BCUT2D eigenvalue weighted by molar-refractivity contribution is 8.01. The highest BCUT2D eigenvalue weighted by Crippen LogP contribution is 2.24. The molecule has 0 aliphatic carbocycles. The zero-order valence-electron chi connectivity index (χ0n) is 12.9. The number of rotatable bonds is 7. The van der Waals surface area contributed by atoms with Gasteiger partial charge in [-0.3, -0.25) is 9.59 Å². The summed E-state index contributed by atoms with van der Waals surface area (Å²) in [6.45, 7) is 3.09. The molecule has 10 heteroatoms. The van der Waals surface area contributed by atoms with E-state index in [1.54, 1.807) is 6.92 Å². The molecule has 0 radical (unpaired) electrons. The van der Waals surface area contributed by atoms with Crippen molar-refractivity contribution in [2.45, 2.75) is 24.3 Å². The van der Waals surface area contributed by atoms with Crippen molar-refractivity contribution in [3.63, 3.8) is 0 Å². The largest absolute Gasteiger partial charge is 0.478 e. The molecule has 1 atom stereocenters. The van der Waals surface area contributed by atoms with Crippen LogP contribution in [0.5, 0.6) is 0 Å². The van der Waals surface area contributed by atoms with Crippen molar-refractivity contribution in [3.05, 3.63) is 29.8 Å². The number of hydrogen-bond donors (Lipinski definition) is 1. The molecule has 2 rings (SSSR count). The van der Waals surface area contributed by atoms with Crippen molar-refractivity contribution in [2.75, 3.05) is 6.61 Å². The highest BCUT2D eigenvalue weighted by Gasteiger charge is 2.28. The Balaban J connectivity index is 2.27. The smallest absolute Gasteiger partial charge is 0.335 e. The molecule has 1 N–H and O–H groups in total. The van der Waals surface area contributed by atoms with Crippen LogP contribution in [0.3, 0.4) is 0 Å². The minimum absolute atomic E-state index is 0.120. The van der Waals surface area contributed by atoms with E-state index >= 15 is 0 Å². The van der Waals surface area contributed by atoms with Gasteiger partial charge in [-0.25, -0.2) is 4.79 Å². The molecule has 1 aromatic heterocycles. The van der Waals surface area contributed by atoms with E-state index in [0.717, 1.165) is 11.8 Å². The number of Topliss-reactive ketones (excluding diaryl/α,β-unsaturated/α-hetero) is 1. The van der Waals surface area contributed by atoms with Crippen molar-refractivity contribution in [1.29, 1.82) is 0 Å². The number of carboxylic acids is 1. The molecule has 1 unspecified atom stereocenters. The maximum Gasteiger partial charge on any atom is 0.335 e. The van der Waals surface area contributed by atoms with Crippen molar-refractivity contribution in [1.82, 2.24) is 20.2 Å². The summed E-state index contributed by atoms with van der Waals surface area (Å²) in [5.74, 6) is -2.09. The number of aromatic nitrogens is 4. The lowest BCUT2D eigenvalue weighted by Gasteiger charge is -2.11. The average molecular weight is 350 g/mol. The first-order valence-corrected chi connectivity index (χ1v) is 7.77. The van der Waals surface area contributed by atoms with E-state index in [4.69, 9.17) is 9.84 Å². The van der Waals surface area contributed by atoms with E-state index in [2.05, 4.69) is 15.5 Å². The molecule has 1 heterocycles. The molecule has 126 valence electrons. The summed E-state index contributed by atoms with van der Waals surface area (Å²) >= 11 is 0.870. The normalized spacial score (nSPS) is 11.8. The van der Waals surface area contributed by atoms with Crippen LogP contribution < -0.4 is 0 Å². The number of carboxylic acid groups (broad SMARTS) is 1. The van der Waals surface area contributed by atoms with Crippen molar-refractivity contribution in [3.8, 4) is 5.69 Å². The lowest BCUT2D eigenvalue weighted by Crippen LogP contribution is -2.27. The Morgan fingerprint density at radius 3 is 2.50 bits per heavy atom. The Morgan fingerprint density at radius 2 is 1.96 bits per heavy atom. The number of hydrogen-bond acceptors (Lipinski definition) is 8. The molecular formula is C14H14N4O5S.